The van der Waals surface area contributed by atoms with Crippen LogP contribution in [-0.4, -0.2) is 13.0 Å². The van der Waals surface area contributed by atoms with E-state index in [0.29, 0.717) is 11.1 Å². The molecule has 1 atom stereocenters. The Morgan fingerprint density at radius 2 is 2.05 bits per heavy atom. The number of nitrogens with one attached hydrogen (secondary N) is 1. The van der Waals surface area contributed by atoms with E-state index in [-0.39, 0.29) is 11.9 Å². The van der Waals surface area contributed by atoms with Gasteiger partial charge in [-0.2, -0.15) is 5.26 Å². The number of nitrogens with zero attached hydrogens (tertiary/aromatic N) is 1. The highest BCUT2D eigenvalue weighted by atomic mass is 16.5. The van der Waals surface area contributed by atoms with Gasteiger partial charge in [0.2, 0.25) is 0 Å². The molecule has 0 saturated carbocycles. The third-order valence-electron chi connectivity index (χ3n) is 3.45. The molecule has 0 saturated heterocycles. The van der Waals surface area contributed by atoms with E-state index in [1.807, 2.05) is 38.1 Å². The summed E-state index contributed by atoms with van der Waals surface area (Å²) < 4.78 is 5.35. The quantitative estimate of drug-likeness (QED) is 0.940. The number of nitriles is 1. The second kappa shape index (κ2) is 6.77. The van der Waals surface area contributed by atoms with Crippen molar-refractivity contribution in [3.63, 3.8) is 0 Å². The van der Waals surface area contributed by atoms with Gasteiger partial charge in [0.1, 0.15) is 5.75 Å². The molecule has 0 spiro atoms. The van der Waals surface area contributed by atoms with Crippen molar-refractivity contribution in [1.29, 1.82) is 5.26 Å². The van der Waals surface area contributed by atoms with Gasteiger partial charge < -0.3 is 10.1 Å². The number of aryl methyl sites for hydroxylation is 1. The molecular formula is C18H18N2O2. The van der Waals surface area contributed by atoms with Crippen molar-refractivity contribution in [3.8, 4) is 11.8 Å². The molecule has 0 fully saturated rings. The first-order chi connectivity index (χ1) is 10.5. The van der Waals surface area contributed by atoms with Crippen molar-refractivity contribution in [2.24, 2.45) is 0 Å². The lowest BCUT2D eigenvalue weighted by molar-refractivity contribution is 0.0939. The van der Waals surface area contributed by atoms with Gasteiger partial charge >= 0.3 is 0 Å². The fourth-order valence-electron chi connectivity index (χ4n) is 2.28. The molecule has 2 aromatic carbocycles. The van der Waals surface area contributed by atoms with Gasteiger partial charge in [0, 0.05) is 11.1 Å². The van der Waals surface area contributed by atoms with Gasteiger partial charge in [0.25, 0.3) is 5.91 Å². The van der Waals surface area contributed by atoms with Crippen LogP contribution >= 0.6 is 0 Å². The largest absolute Gasteiger partial charge is 0.496 e. The normalized spacial score (nSPS) is 11.4. The Morgan fingerprint density at radius 3 is 2.73 bits per heavy atom. The standard InChI is InChI=1S/C18H18N2O2/c1-12-7-8-17(22-3)16(9-12)13(2)20-18(21)15-6-4-5-14(10-15)11-19/h4-10,13H,1-3H3,(H,20,21)/t13-/m0/s1. The van der Waals surface area contributed by atoms with Crippen LogP contribution in [0.15, 0.2) is 42.5 Å². The Bertz CT molecular complexity index is 732. The highest BCUT2D eigenvalue weighted by molar-refractivity contribution is 5.94. The van der Waals surface area contributed by atoms with Gasteiger partial charge in [-0.1, -0.05) is 23.8 Å². The van der Waals surface area contributed by atoms with Crippen molar-refractivity contribution < 1.29 is 9.53 Å². The number of carbonyl (C=O) groups excluding carboxylic acids is 1. The first kappa shape index (κ1) is 15.6. The van der Waals surface area contributed by atoms with Crippen LogP contribution in [0.3, 0.4) is 0 Å². The lowest BCUT2D eigenvalue weighted by atomic mass is 10.0. The average molecular weight is 294 g/mol. The SMILES string of the molecule is COc1ccc(C)cc1[C@H](C)NC(=O)c1cccc(C#N)c1. The zero-order chi connectivity index (χ0) is 16.1. The Hall–Kier alpha value is -2.80. The van der Waals surface area contributed by atoms with Crippen molar-refractivity contribution in [1.82, 2.24) is 5.32 Å². The van der Waals surface area contributed by atoms with Crippen LogP contribution in [0.4, 0.5) is 0 Å². The topological polar surface area (TPSA) is 62.1 Å². The summed E-state index contributed by atoms with van der Waals surface area (Å²) >= 11 is 0. The molecule has 0 aliphatic carbocycles. The number of hydrogen-bond donors (Lipinski definition) is 1. The highest BCUT2D eigenvalue weighted by Gasteiger charge is 2.15. The van der Waals surface area contributed by atoms with Crippen molar-refractivity contribution in [3.05, 3.63) is 64.7 Å². The van der Waals surface area contributed by atoms with Crippen LogP contribution in [0.25, 0.3) is 0 Å². The lowest BCUT2D eigenvalue weighted by Gasteiger charge is -2.18. The van der Waals surface area contributed by atoms with E-state index in [4.69, 9.17) is 10.00 Å². The maximum absolute atomic E-state index is 12.3. The number of methoxy groups -OCH3 is 1. The second-order valence-corrected chi connectivity index (χ2v) is 5.13. The van der Waals surface area contributed by atoms with Gasteiger partial charge in [-0.3, -0.25) is 4.79 Å². The molecule has 0 aliphatic heterocycles. The highest BCUT2D eigenvalue weighted by Crippen LogP contribution is 2.26. The number of benzene rings is 2. The summed E-state index contributed by atoms with van der Waals surface area (Å²) in [5.41, 5.74) is 2.96. The van der Waals surface area contributed by atoms with Gasteiger partial charge in [-0.25, -0.2) is 0 Å². The van der Waals surface area contributed by atoms with Gasteiger partial charge in [0.15, 0.2) is 0 Å². The first-order valence-corrected chi connectivity index (χ1v) is 7.00. The van der Waals surface area contributed by atoms with Crippen LogP contribution in [0.5, 0.6) is 5.75 Å². The van der Waals surface area contributed by atoms with Crippen molar-refractivity contribution in [2.45, 2.75) is 19.9 Å². The van der Waals surface area contributed by atoms with Gasteiger partial charge in [-0.15, -0.1) is 0 Å². The van der Waals surface area contributed by atoms with Crippen molar-refractivity contribution in [2.75, 3.05) is 7.11 Å². The Morgan fingerprint density at radius 1 is 1.27 bits per heavy atom. The van der Waals surface area contributed by atoms with Crippen LogP contribution < -0.4 is 10.1 Å². The molecule has 0 bridgehead atoms. The summed E-state index contributed by atoms with van der Waals surface area (Å²) in [5, 5.41) is 11.8. The number of ether oxygens (including phenoxy) is 1. The predicted molar refractivity (Wildman–Crippen MR) is 84.8 cm³/mol. The van der Waals surface area contributed by atoms with Crippen LogP contribution in [0, 0.1) is 18.3 Å². The summed E-state index contributed by atoms with van der Waals surface area (Å²) in [6.07, 6.45) is 0. The van der Waals surface area contributed by atoms with Gasteiger partial charge in [0.05, 0.1) is 24.8 Å². The molecule has 0 aromatic heterocycles. The maximum atomic E-state index is 12.3. The molecule has 0 aliphatic rings. The van der Waals surface area contributed by atoms with E-state index < -0.39 is 0 Å². The number of hydrogen-bond acceptors (Lipinski definition) is 3. The molecule has 22 heavy (non-hydrogen) atoms. The molecule has 4 nitrogen and oxygen atoms in total. The van der Waals surface area contributed by atoms with E-state index in [1.54, 1.807) is 31.4 Å². The molecular weight excluding hydrogens is 276 g/mol. The average Bonchev–Trinajstić information content (AvgIpc) is 2.54. The molecule has 2 rings (SSSR count). The minimum absolute atomic E-state index is 0.201. The summed E-state index contributed by atoms with van der Waals surface area (Å²) in [7, 11) is 1.61. The number of carbonyl (C=O) groups is 1. The predicted octanol–water partition coefficient (Wildman–Crippen LogP) is 3.37. The zero-order valence-electron chi connectivity index (χ0n) is 12.9. The van der Waals surface area contributed by atoms with E-state index in [9.17, 15) is 4.79 Å². The van der Waals surface area contributed by atoms with Crippen LogP contribution in [0.2, 0.25) is 0 Å². The van der Waals surface area contributed by atoms with E-state index in [2.05, 4.69) is 5.32 Å². The van der Waals surface area contributed by atoms with E-state index >= 15 is 0 Å². The Balaban J connectivity index is 2.21. The summed E-state index contributed by atoms with van der Waals surface area (Å²) in [6.45, 7) is 3.90. The molecule has 1 amide bonds. The monoisotopic (exact) mass is 294 g/mol. The first-order valence-electron chi connectivity index (χ1n) is 7.00. The Kier molecular flexibility index (Phi) is 4.80. The fraction of sp³-hybridized carbons (Fsp3) is 0.222. The van der Waals surface area contributed by atoms with E-state index in [0.717, 1.165) is 16.9 Å². The molecule has 0 unspecified atom stereocenters. The summed E-state index contributed by atoms with van der Waals surface area (Å²) in [5.74, 6) is 0.525. The summed E-state index contributed by atoms with van der Waals surface area (Å²) in [6, 6.07) is 14.3. The van der Waals surface area contributed by atoms with Gasteiger partial charge in [-0.05, 0) is 38.1 Å². The second-order valence-electron chi connectivity index (χ2n) is 5.13. The Labute approximate surface area is 130 Å². The van der Waals surface area contributed by atoms with E-state index in [1.165, 1.54) is 0 Å². The minimum atomic E-state index is -0.215. The fourth-order valence-corrected chi connectivity index (χ4v) is 2.28. The number of amides is 1. The molecule has 0 radical (unpaired) electrons. The maximum Gasteiger partial charge on any atom is 0.251 e. The molecule has 0 heterocycles. The lowest BCUT2D eigenvalue weighted by Crippen LogP contribution is -2.27. The van der Waals surface area contributed by atoms with Crippen molar-refractivity contribution >= 4 is 5.91 Å². The molecule has 2 aromatic rings. The number of rotatable bonds is 4. The third kappa shape index (κ3) is 3.44. The molecule has 1 N–H and O–H groups in total. The van der Waals surface area contributed by atoms with Crippen LogP contribution in [0.1, 0.15) is 40.0 Å². The smallest absolute Gasteiger partial charge is 0.251 e. The minimum Gasteiger partial charge on any atom is -0.496 e. The van der Waals surface area contributed by atoms with Crippen LogP contribution in [-0.2, 0) is 0 Å². The molecule has 112 valence electrons. The summed E-state index contributed by atoms with van der Waals surface area (Å²) in [4.78, 5) is 12.3. The molecule has 4 heteroatoms. The third-order valence-corrected chi connectivity index (χ3v) is 3.45. The zero-order valence-corrected chi connectivity index (χ0v) is 12.9.